The maximum absolute atomic E-state index is 13.7. The van der Waals surface area contributed by atoms with Crippen molar-refractivity contribution in [3.05, 3.63) is 59.2 Å². The van der Waals surface area contributed by atoms with Gasteiger partial charge in [-0.3, -0.25) is 4.79 Å². The number of amides is 1. The third-order valence-electron chi connectivity index (χ3n) is 3.11. The van der Waals surface area contributed by atoms with Crippen LogP contribution in [-0.4, -0.2) is 10.3 Å². The van der Waals surface area contributed by atoms with Gasteiger partial charge < -0.3 is 0 Å². The van der Waals surface area contributed by atoms with E-state index < -0.39 is 11.6 Å². The zero-order valence-electron chi connectivity index (χ0n) is 9.66. The Morgan fingerprint density at radius 3 is 2.58 bits per heavy atom. The second kappa shape index (κ2) is 4.31. The third-order valence-corrected chi connectivity index (χ3v) is 3.38. The minimum absolute atomic E-state index is 0.255. The highest BCUT2D eigenvalue weighted by molar-refractivity contribution is 6.25. The van der Waals surface area contributed by atoms with Crippen LogP contribution in [0, 0.1) is 11.6 Å². The van der Waals surface area contributed by atoms with Crippen molar-refractivity contribution in [3.63, 3.8) is 0 Å². The van der Waals surface area contributed by atoms with Crippen molar-refractivity contribution < 1.29 is 13.6 Å². The SMILES string of the molecule is O=C1c2cc(-c3ccc(F)cc3F)ccc2CN1Cl. The summed E-state index contributed by atoms with van der Waals surface area (Å²) in [5, 5.41) is 0. The van der Waals surface area contributed by atoms with E-state index in [0.717, 1.165) is 16.0 Å². The van der Waals surface area contributed by atoms with Crippen LogP contribution in [0.3, 0.4) is 0 Å². The lowest BCUT2D eigenvalue weighted by molar-refractivity contribution is 0.0881. The van der Waals surface area contributed by atoms with Gasteiger partial charge in [-0.25, -0.2) is 13.2 Å². The fourth-order valence-corrected chi connectivity index (χ4v) is 2.38. The molecule has 0 atom stereocenters. The van der Waals surface area contributed by atoms with Gasteiger partial charge in [-0.15, -0.1) is 0 Å². The van der Waals surface area contributed by atoms with E-state index >= 15 is 0 Å². The summed E-state index contributed by atoms with van der Waals surface area (Å²) in [6.45, 7) is 0.335. The minimum Gasteiger partial charge on any atom is -0.268 e. The van der Waals surface area contributed by atoms with Crippen LogP contribution in [0.15, 0.2) is 36.4 Å². The second-order valence-electron chi connectivity index (χ2n) is 4.32. The molecule has 2 aromatic carbocycles. The predicted octanol–water partition coefficient (Wildman–Crippen LogP) is 3.74. The molecule has 0 aromatic heterocycles. The number of fused-ring (bicyclic) bond motifs is 1. The fraction of sp³-hybridized carbons (Fsp3) is 0.0714. The fourth-order valence-electron chi connectivity index (χ4n) is 2.16. The summed E-state index contributed by atoms with van der Waals surface area (Å²) in [7, 11) is 0. The van der Waals surface area contributed by atoms with Crippen LogP contribution >= 0.6 is 11.8 Å². The molecule has 2 aromatic rings. The van der Waals surface area contributed by atoms with Gasteiger partial charge in [0.05, 0.1) is 6.54 Å². The average Bonchev–Trinajstić information content (AvgIpc) is 2.65. The monoisotopic (exact) mass is 279 g/mol. The molecule has 19 heavy (non-hydrogen) atoms. The number of carbonyl (C=O) groups is 1. The van der Waals surface area contributed by atoms with Gasteiger partial charge in [-0.1, -0.05) is 12.1 Å². The van der Waals surface area contributed by atoms with Crippen molar-refractivity contribution in [3.8, 4) is 11.1 Å². The van der Waals surface area contributed by atoms with E-state index in [2.05, 4.69) is 0 Å². The molecule has 1 aliphatic rings. The van der Waals surface area contributed by atoms with E-state index in [-0.39, 0.29) is 11.5 Å². The summed E-state index contributed by atoms with van der Waals surface area (Å²) in [6, 6.07) is 8.35. The molecular formula is C14H8ClF2NO. The van der Waals surface area contributed by atoms with E-state index in [1.165, 1.54) is 12.1 Å². The van der Waals surface area contributed by atoms with Crippen molar-refractivity contribution in [2.75, 3.05) is 0 Å². The first kappa shape index (κ1) is 12.1. The van der Waals surface area contributed by atoms with E-state index in [9.17, 15) is 13.6 Å². The topological polar surface area (TPSA) is 20.3 Å². The van der Waals surface area contributed by atoms with Gasteiger partial charge in [0.2, 0.25) is 0 Å². The van der Waals surface area contributed by atoms with Crippen molar-refractivity contribution in [1.29, 1.82) is 0 Å². The third kappa shape index (κ3) is 1.98. The molecule has 0 spiro atoms. The van der Waals surface area contributed by atoms with Crippen LogP contribution in [0.25, 0.3) is 11.1 Å². The van der Waals surface area contributed by atoms with Gasteiger partial charge >= 0.3 is 0 Å². The smallest absolute Gasteiger partial charge is 0.268 e. The molecule has 96 valence electrons. The van der Waals surface area contributed by atoms with Gasteiger partial charge in [0.25, 0.3) is 5.91 Å². The first-order valence-corrected chi connectivity index (χ1v) is 5.96. The number of hydrogen-bond acceptors (Lipinski definition) is 1. The molecule has 2 nitrogen and oxygen atoms in total. The normalized spacial score (nSPS) is 13.8. The summed E-state index contributed by atoms with van der Waals surface area (Å²) < 4.78 is 27.7. The molecule has 0 fully saturated rings. The Morgan fingerprint density at radius 1 is 1.05 bits per heavy atom. The molecule has 1 aliphatic heterocycles. The molecule has 5 heteroatoms. The molecule has 0 saturated heterocycles. The number of carbonyl (C=O) groups excluding carboxylic acids is 1. The highest BCUT2D eigenvalue weighted by Gasteiger charge is 2.26. The summed E-state index contributed by atoms with van der Waals surface area (Å²) in [5.41, 5.74) is 2.03. The number of halogens is 3. The van der Waals surface area contributed by atoms with Gasteiger partial charge in [0.15, 0.2) is 0 Å². The highest BCUT2D eigenvalue weighted by Crippen LogP contribution is 2.30. The van der Waals surface area contributed by atoms with Gasteiger partial charge in [0, 0.05) is 29.0 Å². The Labute approximate surface area is 113 Å². The molecule has 1 amide bonds. The maximum Gasteiger partial charge on any atom is 0.268 e. The van der Waals surface area contributed by atoms with E-state index in [1.54, 1.807) is 18.2 Å². The Morgan fingerprint density at radius 2 is 1.84 bits per heavy atom. The molecule has 0 N–H and O–H groups in total. The quantitative estimate of drug-likeness (QED) is 0.728. The lowest BCUT2D eigenvalue weighted by Crippen LogP contribution is -2.10. The van der Waals surface area contributed by atoms with Crippen LogP contribution in [0.1, 0.15) is 15.9 Å². The van der Waals surface area contributed by atoms with Crippen LogP contribution in [0.2, 0.25) is 0 Å². The van der Waals surface area contributed by atoms with Gasteiger partial charge in [-0.2, -0.15) is 0 Å². The van der Waals surface area contributed by atoms with Crippen LogP contribution in [0.4, 0.5) is 8.78 Å². The molecule has 1 heterocycles. The summed E-state index contributed by atoms with van der Waals surface area (Å²) in [5.74, 6) is -1.60. The van der Waals surface area contributed by atoms with Crippen molar-refractivity contribution in [1.82, 2.24) is 4.42 Å². The lowest BCUT2D eigenvalue weighted by Gasteiger charge is -2.05. The van der Waals surface area contributed by atoms with E-state index in [4.69, 9.17) is 11.8 Å². The largest absolute Gasteiger partial charge is 0.268 e. The van der Waals surface area contributed by atoms with Crippen molar-refractivity contribution in [2.24, 2.45) is 0 Å². The number of benzene rings is 2. The molecular weight excluding hydrogens is 272 g/mol. The Balaban J connectivity index is 2.11. The number of nitrogens with zero attached hydrogens (tertiary/aromatic N) is 1. The molecule has 0 saturated carbocycles. The zero-order valence-corrected chi connectivity index (χ0v) is 10.4. The van der Waals surface area contributed by atoms with Crippen LogP contribution < -0.4 is 0 Å². The average molecular weight is 280 g/mol. The standard InChI is InChI=1S/C14H8ClF2NO/c15-18-7-9-2-1-8(5-12(9)14(18)19)11-4-3-10(16)6-13(11)17/h1-6H,7H2. The molecule has 0 unspecified atom stereocenters. The number of rotatable bonds is 1. The lowest BCUT2D eigenvalue weighted by atomic mass is 10.00. The summed E-state index contributed by atoms with van der Waals surface area (Å²) in [4.78, 5) is 11.8. The second-order valence-corrected chi connectivity index (χ2v) is 4.73. The Bertz CT molecular complexity index is 687. The molecule has 0 bridgehead atoms. The van der Waals surface area contributed by atoms with Gasteiger partial charge in [0.1, 0.15) is 11.6 Å². The summed E-state index contributed by atoms with van der Waals surface area (Å²) in [6.07, 6.45) is 0. The predicted molar refractivity (Wildman–Crippen MR) is 67.5 cm³/mol. The van der Waals surface area contributed by atoms with E-state index in [0.29, 0.717) is 17.7 Å². The Hall–Kier alpha value is -1.94. The minimum atomic E-state index is -0.659. The van der Waals surface area contributed by atoms with Gasteiger partial charge in [-0.05, 0) is 29.3 Å². The molecule has 3 rings (SSSR count). The summed E-state index contributed by atoms with van der Waals surface area (Å²) >= 11 is 5.74. The molecule has 0 aliphatic carbocycles. The van der Waals surface area contributed by atoms with Crippen molar-refractivity contribution >= 4 is 17.7 Å². The Kier molecular flexibility index (Phi) is 2.75. The van der Waals surface area contributed by atoms with Crippen LogP contribution in [-0.2, 0) is 6.54 Å². The first-order valence-electron chi connectivity index (χ1n) is 5.62. The molecule has 0 radical (unpaired) electrons. The maximum atomic E-state index is 13.7. The van der Waals surface area contributed by atoms with E-state index in [1.807, 2.05) is 0 Å². The number of hydrogen-bond donors (Lipinski definition) is 0. The van der Waals surface area contributed by atoms with Crippen molar-refractivity contribution in [2.45, 2.75) is 6.54 Å². The van der Waals surface area contributed by atoms with Crippen LogP contribution in [0.5, 0.6) is 0 Å². The highest BCUT2D eigenvalue weighted by atomic mass is 35.5. The zero-order chi connectivity index (χ0) is 13.6. The first-order chi connectivity index (χ1) is 9.06.